The highest BCUT2D eigenvalue weighted by Crippen LogP contribution is 2.30. The molecule has 78 valence electrons. The van der Waals surface area contributed by atoms with E-state index in [0.29, 0.717) is 0 Å². The molecule has 0 aliphatic heterocycles. The largest absolute Gasteiger partial charge is 0.494 e. The maximum atomic E-state index is 13.3. The fourth-order valence-corrected chi connectivity index (χ4v) is 1.30. The monoisotopic (exact) mass is 217 g/mol. The van der Waals surface area contributed by atoms with Gasteiger partial charge in [0.2, 0.25) is 0 Å². The highest BCUT2D eigenvalue weighted by atomic mass is 35.5. The summed E-state index contributed by atoms with van der Waals surface area (Å²) in [5.41, 5.74) is 6.03. The van der Waals surface area contributed by atoms with Crippen LogP contribution in [0.2, 0.25) is 5.02 Å². The summed E-state index contributed by atoms with van der Waals surface area (Å²) >= 11 is 5.69. The van der Waals surface area contributed by atoms with Gasteiger partial charge in [0, 0.05) is 5.54 Å². The Labute approximate surface area is 87.8 Å². The molecule has 2 nitrogen and oxygen atoms in total. The topological polar surface area (TPSA) is 35.2 Å². The van der Waals surface area contributed by atoms with Gasteiger partial charge >= 0.3 is 0 Å². The van der Waals surface area contributed by atoms with E-state index in [1.165, 1.54) is 13.2 Å². The first-order valence-corrected chi connectivity index (χ1v) is 4.56. The van der Waals surface area contributed by atoms with Crippen molar-refractivity contribution in [2.75, 3.05) is 7.11 Å². The second kappa shape index (κ2) is 3.75. The summed E-state index contributed by atoms with van der Waals surface area (Å²) in [4.78, 5) is 0. The molecular formula is C10H13ClFNO. The Bertz CT molecular complexity index is 347. The van der Waals surface area contributed by atoms with Crippen LogP contribution in [0.3, 0.4) is 0 Å². The molecule has 0 amide bonds. The Morgan fingerprint density at radius 2 is 2.00 bits per heavy atom. The van der Waals surface area contributed by atoms with Gasteiger partial charge in [0.1, 0.15) is 0 Å². The number of hydrogen-bond donors (Lipinski definition) is 1. The fourth-order valence-electron chi connectivity index (χ4n) is 1.08. The van der Waals surface area contributed by atoms with Gasteiger partial charge in [-0.15, -0.1) is 0 Å². The lowest BCUT2D eigenvalue weighted by Crippen LogP contribution is -2.28. The average Bonchev–Trinajstić information content (AvgIpc) is 2.07. The molecule has 0 fully saturated rings. The third-order valence-electron chi connectivity index (χ3n) is 1.96. The molecule has 0 aromatic heterocycles. The maximum Gasteiger partial charge on any atom is 0.183 e. The maximum absolute atomic E-state index is 13.3. The van der Waals surface area contributed by atoms with Crippen LogP contribution in [0.4, 0.5) is 4.39 Å². The lowest BCUT2D eigenvalue weighted by atomic mass is 9.95. The van der Waals surface area contributed by atoms with Crippen LogP contribution < -0.4 is 10.5 Å². The minimum atomic E-state index is -0.565. The van der Waals surface area contributed by atoms with Gasteiger partial charge in [0.25, 0.3) is 0 Å². The molecule has 0 unspecified atom stereocenters. The van der Waals surface area contributed by atoms with E-state index < -0.39 is 11.4 Å². The number of methoxy groups -OCH3 is 1. The number of nitrogens with two attached hydrogens (primary N) is 1. The van der Waals surface area contributed by atoms with Gasteiger partial charge in [-0.3, -0.25) is 0 Å². The highest BCUT2D eigenvalue weighted by molar-refractivity contribution is 6.31. The molecule has 1 rings (SSSR count). The van der Waals surface area contributed by atoms with Crippen molar-refractivity contribution in [3.05, 3.63) is 28.5 Å². The number of hydrogen-bond acceptors (Lipinski definition) is 2. The molecule has 0 aliphatic carbocycles. The SMILES string of the molecule is COc1cc(C(C)(C)N)cc(Cl)c1F. The molecule has 0 aliphatic rings. The summed E-state index contributed by atoms with van der Waals surface area (Å²) in [6, 6.07) is 3.07. The van der Waals surface area contributed by atoms with E-state index in [1.54, 1.807) is 6.07 Å². The zero-order chi connectivity index (χ0) is 10.9. The molecule has 0 radical (unpaired) electrons. The van der Waals surface area contributed by atoms with E-state index in [9.17, 15) is 4.39 Å². The van der Waals surface area contributed by atoms with Crippen LogP contribution in [-0.2, 0) is 5.54 Å². The van der Waals surface area contributed by atoms with Crippen LogP contribution in [0.1, 0.15) is 19.4 Å². The van der Waals surface area contributed by atoms with E-state index in [-0.39, 0.29) is 10.8 Å². The van der Waals surface area contributed by atoms with Crippen molar-refractivity contribution in [3.63, 3.8) is 0 Å². The van der Waals surface area contributed by atoms with Crippen molar-refractivity contribution in [1.29, 1.82) is 0 Å². The third kappa shape index (κ3) is 2.16. The van der Waals surface area contributed by atoms with Crippen molar-refractivity contribution < 1.29 is 9.13 Å². The van der Waals surface area contributed by atoms with Gasteiger partial charge in [0.05, 0.1) is 12.1 Å². The smallest absolute Gasteiger partial charge is 0.183 e. The summed E-state index contributed by atoms with van der Waals surface area (Å²) in [5, 5.41) is 0.0258. The average molecular weight is 218 g/mol. The van der Waals surface area contributed by atoms with E-state index in [0.717, 1.165) is 5.56 Å². The summed E-state index contributed by atoms with van der Waals surface area (Å²) in [6.45, 7) is 3.63. The molecule has 0 bridgehead atoms. The van der Waals surface area contributed by atoms with Gasteiger partial charge in [-0.25, -0.2) is 4.39 Å². The Morgan fingerprint density at radius 3 is 2.43 bits per heavy atom. The van der Waals surface area contributed by atoms with Gasteiger partial charge in [-0.2, -0.15) is 0 Å². The second-order valence-electron chi connectivity index (χ2n) is 3.70. The molecule has 0 atom stereocenters. The van der Waals surface area contributed by atoms with Crippen LogP contribution in [-0.4, -0.2) is 7.11 Å². The minimum Gasteiger partial charge on any atom is -0.494 e. The standard InChI is InChI=1S/C10H13ClFNO/c1-10(2,13)6-4-7(11)9(12)8(5-6)14-3/h4-5H,13H2,1-3H3. The summed E-state index contributed by atoms with van der Waals surface area (Å²) in [6.07, 6.45) is 0. The van der Waals surface area contributed by atoms with Crippen molar-refractivity contribution >= 4 is 11.6 Å². The normalized spacial score (nSPS) is 11.6. The molecule has 0 spiro atoms. The van der Waals surface area contributed by atoms with Crippen LogP contribution >= 0.6 is 11.6 Å². The summed E-state index contributed by atoms with van der Waals surface area (Å²) < 4.78 is 18.1. The molecular weight excluding hydrogens is 205 g/mol. The van der Waals surface area contributed by atoms with Crippen molar-refractivity contribution in [2.24, 2.45) is 5.73 Å². The first-order chi connectivity index (χ1) is 6.36. The molecule has 14 heavy (non-hydrogen) atoms. The Kier molecular flexibility index (Phi) is 3.02. The van der Waals surface area contributed by atoms with E-state index in [2.05, 4.69) is 0 Å². The highest BCUT2D eigenvalue weighted by Gasteiger charge is 2.18. The second-order valence-corrected chi connectivity index (χ2v) is 4.10. The predicted octanol–water partition coefficient (Wildman–Crippen LogP) is 2.68. The summed E-state index contributed by atoms with van der Waals surface area (Å²) in [7, 11) is 1.39. The van der Waals surface area contributed by atoms with E-state index in [4.69, 9.17) is 22.1 Å². The lowest BCUT2D eigenvalue weighted by Gasteiger charge is -2.20. The molecule has 4 heteroatoms. The Morgan fingerprint density at radius 1 is 1.43 bits per heavy atom. The number of rotatable bonds is 2. The fraction of sp³-hybridized carbons (Fsp3) is 0.400. The Balaban J connectivity index is 3.30. The van der Waals surface area contributed by atoms with Gasteiger partial charge in [0.15, 0.2) is 11.6 Å². The molecule has 0 saturated heterocycles. The van der Waals surface area contributed by atoms with Gasteiger partial charge in [-0.1, -0.05) is 11.6 Å². The zero-order valence-electron chi connectivity index (χ0n) is 8.40. The number of benzene rings is 1. The first-order valence-electron chi connectivity index (χ1n) is 4.18. The van der Waals surface area contributed by atoms with Crippen molar-refractivity contribution in [1.82, 2.24) is 0 Å². The van der Waals surface area contributed by atoms with E-state index in [1.807, 2.05) is 13.8 Å². The predicted molar refractivity (Wildman–Crippen MR) is 55.2 cm³/mol. The van der Waals surface area contributed by atoms with Crippen molar-refractivity contribution in [2.45, 2.75) is 19.4 Å². The van der Waals surface area contributed by atoms with Crippen LogP contribution in [0.5, 0.6) is 5.75 Å². The van der Waals surface area contributed by atoms with Crippen LogP contribution in [0.15, 0.2) is 12.1 Å². The molecule has 2 N–H and O–H groups in total. The Hall–Kier alpha value is -0.800. The molecule has 0 saturated carbocycles. The molecule has 1 aromatic carbocycles. The summed E-state index contributed by atoms with van der Waals surface area (Å²) in [5.74, 6) is -0.437. The van der Waals surface area contributed by atoms with E-state index >= 15 is 0 Å². The number of halogens is 2. The van der Waals surface area contributed by atoms with Gasteiger partial charge < -0.3 is 10.5 Å². The zero-order valence-corrected chi connectivity index (χ0v) is 9.15. The van der Waals surface area contributed by atoms with Crippen LogP contribution in [0.25, 0.3) is 0 Å². The van der Waals surface area contributed by atoms with Crippen LogP contribution in [0, 0.1) is 5.82 Å². The van der Waals surface area contributed by atoms with Crippen molar-refractivity contribution in [3.8, 4) is 5.75 Å². The lowest BCUT2D eigenvalue weighted by molar-refractivity contribution is 0.384. The molecule has 1 aromatic rings. The third-order valence-corrected chi connectivity index (χ3v) is 2.23. The minimum absolute atomic E-state index is 0.0258. The first kappa shape index (κ1) is 11.3. The number of ether oxygens (including phenoxy) is 1. The van der Waals surface area contributed by atoms with Gasteiger partial charge in [-0.05, 0) is 31.5 Å². The molecule has 0 heterocycles. The quantitative estimate of drug-likeness (QED) is 0.827.